The van der Waals surface area contributed by atoms with Crippen LogP contribution in [0.5, 0.6) is 5.75 Å². The molecular weight excluding hydrogens is 316 g/mol. The van der Waals surface area contributed by atoms with Crippen LogP contribution in [0, 0.1) is 0 Å². The van der Waals surface area contributed by atoms with Gasteiger partial charge in [0.1, 0.15) is 11.3 Å². The van der Waals surface area contributed by atoms with E-state index < -0.39 is 5.97 Å². The van der Waals surface area contributed by atoms with E-state index >= 15 is 0 Å². The maximum absolute atomic E-state index is 10.8. The van der Waals surface area contributed by atoms with Crippen LogP contribution in [-0.4, -0.2) is 18.2 Å². The van der Waals surface area contributed by atoms with Crippen molar-refractivity contribution < 1.29 is 14.6 Å². The maximum atomic E-state index is 10.8. The lowest BCUT2D eigenvalue weighted by Gasteiger charge is -2.08. The van der Waals surface area contributed by atoms with Crippen LogP contribution in [0.2, 0.25) is 0 Å². The molecular formula is C9H8Br2O3. The van der Waals surface area contributed by atoms with Crippen molar-refractivity contribution in [3.63, 3.8) is 0 Å². The molecule has 1 aromatic carbocycles. The van der Waals surface area contributed by atoms with E-state index in [1.165, 1.54) is 13.2 Å². The summed E-state index contributed by atoms with van der Waals surface area (Å²) in [5.41, 5.74) is 1.11. The van der Waals surface area contributed by atoms with Gasteiger partial charge >= 0.3 is 5.97 Å². The summed E-state index contributed by atoms with van der Waals surface area (Å²) in [6, 6.07) is 3.24. The largest absolute Gasteiger partial charge is 0.496 e. The van der Waals surface area contributed by atoms with Crippen LogP contribution in [0.25, 0.3) is 0 Å². The van der Waals surface area contributed by atoms with Crippen molar-refractivity contribution in [2.45, 2.75) is 5.33 Å². The topological polar surface area (TPSA) is 46.5 Å². The zero-order valence-electron chi connectivity index (χ0n) is 7.38. The Hall–Kier alpha value is -0.550. The van der Waals surface area contributed by atoms with E-state index in [1.54, 1.807) is 6.07 Å². The lowest BCUT2D eigenvalue weighted by atomic mass is 10.1. The predicted octanol–water partition coefficient (Wildman–Crippen LogP) is 3.05. The summed E-state index contributed by atoms with van der Waals surface area (Å²) in [6.07, 6.45) is 0. The van der Waals surface area contributed by atoms with Gasteiger partial charge < -0.3 is 9.84 Å². The van der Waals surface area contributed by atoms with Crippen molar-refractivity contribution in [2.75, 3.05) is 7.11 Å². The quantitative estimate of drug-likeness (QED) is 0.870. The second kappa shape index (κ2) is 4.79. The minimum Gasteiger partial charge on any atom is -0.496 e. The first-order valence-corrected chi connectivity index (χ1v) is 5.67. The summed E-state index contributed by atoms with van der Waals surface area (Å²) in [7, 11) is 1.45. The Bertz CT molecular complexity index is 363. The van der Waals surface area contributed by atoms with E-state index in [-0.39, 0.29) is 5.56 Å². The molecule has 0 saturated carbocycles. The van der Waals surface area contributed by atoms with Gasteiger partial charge in [0, 0.05) is 9.80 Å². The van der Waals surface area contributed by atoms with Crippen LogP contribution in [0.15, 0.2) is 16.6 Å². The third-order valence-corrected chi connectivity index (χ3v) is 3.09. The fraction of sp³-hybridized carbons (Fsp3) is 0.222. The molecule has 0 aromatic heterocycles. The Balaban J connectivity index is 3.31. The Morgan fingerprint density at radius 1 is 1.57 bits per heavy atom. The Morgan fingerprint density at radius 2 is 2.21 bits per heavy atom. The van der Waals surface area contributed by atoms with Crippen LogP contribution in [0.3, 0.4) is 0 Å². The number of alkyl halides is 1. The molecule has 1 rings (SSSR count). The normalized spacial score (nSPS) is 9.93. The standard InChI is InChI=1S/C9H8Br2O3/c1-14-8-2-5(4-10)7(11)3-6(8)9(12)13/h2-3H,4H2,1H3,(H,12,13). The molecule has 0 spiro atoms. The summed E-state index contributed by atoms with van der Waals surface area (Å²) in [5.74, 6) is -0.626. The number of carbonyl (C=O) groups is 1. The van der Waals surface area contributed by atoms with Crippen LogP contribution in [0.1, 0.15) is 15.9 Å². The van der Waals surface area contributed by atoms with Gasteiger partial charge in [0.15, 0.2) is 0 Å². The highest BCUT2D eigenvalue weighted by molar-refractivity contribution is 9.10. The van der Waals surface area contributed by atoms with Crippen molar-refractivity contribution in [3.05, 3.63) is 27.7 Å². The summed E-state index contributed by atoms with van der Waals surface area (Å²) in [5, 5.41) is 9.51. The predicted molar refractivity (Wildman–Crippen MR) is 60.3 cm³/mol. The Morgan fingerprint density at radius 3 is 2.64 bits per heavy atom. The summed E-state index contributed by atoms with van der Waals surface area (Å²) < 4.78 is 5.74. The molecule has 76 valence electrons. The molecule has 0 aliphatic rings. The molecule has 1 N–H and O–H groups in total. The van der Waals surface area contributed by atoms with Gasteiger partial charge in [-0.2, -0.15) is 0 Å². The minimum atomic E-state index is -0.997. The molecule has 0 fully saturated rings. The van der Waals surface area contributed by atoms with E-state index in [0.717, 1.165) is 10.0 Å². The first kappa shape index (κ1) is 11.5. The first-order chi connectivity index (χ1) is 6.60. The molecule has 1 aromatic rings. The van der Waals surface area contributed by atoms with E-state index in [0.29, 0.717) is 11.1 Å². The summed E-state index contributed by atoms with van der Waals surface area (Å²) >= 11 is 6.59. The number of carboxylic acids is 1. The average molecular weight is 324 g/mol. The summed E-state index contributed by atoms with van der Waals surface area (Å²) in [6.45, 7) is 0. The molecule has 0 radical (unpaired) electrons. The molecule has 0 bridgehead atoms. The van der Waals surface area contributed by atoms with Gasteiger partial charge in [0.05, 0.1) is 7.11 Å². The lowest BCUT2D eigenvalue weighted by molar-refractivity contribution is 0.0693. The molecule has 0 aliphatic carbocycles. The fourth-order valence-electron chi connectivity index (χ4n) is 1.03. The number of aromatic carboxylic acids is 1. The molecule has 3 nitrogen and oxygen atoms in total. The number of ether oxygens (including phenoxy) is 1. The van der Waals surface area contributed by atoms with Gasteiger partial charge in [0.2, 0.25) is 0 Å². The molecule has 14 heavy (non-hydrogen) atoms. The highest BCUT2D eigenvalue weighted by Crippen LogP contribution is 2.28. The molecule has 0 amide bonds. The smallest absolute Gasteiger partial charge is 0.339 e. The van der Waals surface area contributed by atoms with Gasteiger partial charge in [-0.25, -0.2) is 4.79 Å². The van der Waals surface area contributed by atoms with Gasteiger partial charge in [-0.15, -0.1) is 0 Å². The number of methoxy groups -OCH3 is 1. The van der Waals surface area contributed by atoms with E-state index in [9.17, 15) is 4.79 Å². The molecule has 0 unspecified atom stereocenters. The van der Waals surface area contributed by atoms with Crippen LogP contribution < -0.4 is 4.74 Å². The number of rotatable bonds is 3. The van der Waals surface area contributed by atoms with Crippen molar-refractivity contribution in [1.82, 2.24) is 0 Å². The van der Waals surface area contributed by atoms with Crippen molar-refractivity contribution >= 4 is 37.8 Å². The maximum Gasteiger partial charge on any atom is 0.339 e. The highest BCUT2D eigenvalue weighted by Gasteiger charge is 2.13. The molecule has 5 heteroatoms. The Kier molecular flexibility index (Phi) is 3.95. The number of halogens is 2. The fourth-order valence-corrected chi connectivity index (χ4v) is 2.36. The SMILES string of the molecule is COc1cc(CBr)c(Br)cc1C(=O)O. The van der Waals surface area contributed by atoms with Gasteiger partial charge in [-0.3, -0.25) is 0 Å². The lowest BCUT2D eigenvalue weighted by Crippen LogP contribution is -2.01. The number of hydrogen-bond donors (Lipinski definition) is 1. The molecule has 0 atom stereocenters. The van der Waals surface area contributed by atoms with Gasteiger partial charge in [0.25, 0.3) is 0 Å². The second-order valence-corrected chi connectivity index (χ2v) is 4.00. The minimum absolute atomic E-state index is 0.157. The van der Waals surface area contributed by atoms with E-state index in [2.05, 4.69) is 31.9 Å². The molecule has 0 aliphatic heterocycles. The number of carboxylic acid groups (broad SMARTS) is 1. The zero-order valence-corrected chi connectivity index (χ0v) is 10.6. The van der Waals surface area contributed by atoms with Gasteiger partial charge in [-0.05, 0) is 17.7 Å². The molecule has 0 saturated heterocycles. The average Bonchev–Trinajstić information content (AvgIpc) is 2.17. The van der Waals surface area contributed by atoms with Crippen LogP contribution in [-0.2, 0) is 5.33 Å². The van der Waals surface area contributed by atoms with E-state index in [1.807, 2.05) is 0 Å². The zero-order chi connectivity index (χ0) is 10.7. The third kappa shape index (κ3) is 2.27. The number of hydrogen-bond acceptors (Lipinski definition) is 2. The van der Waals surface area contributed by atoms with Crippen molar-refractivity contribution in [3.8, 4) is 5.75 Å². The molecule has 0 heterocycles. The highest BCUT2D eigenvalue weighted by atomic mass is 79.9. The van der Waals surface area contributed by atoms with E-state index in [4.69, 9.17) is 9.84 Å². The van der Waals surface area contributed by atoms with Crippen molar-refractivity contribution in [2.24, 2.45) is 0 Å². The second-order valence-electron chi connectivity index (χ2n) is 2.58. The van der Waals surface area contributed by atoms with Crippen LogP contribution in [0.4, 0.5) is 0 Å². The monoisotopic (exact) mass is 322 g/mol. The van der Waals surface area contributed by atoms with Crippen LogP contribution >= 0.6 is 31.9 Å². The first-order valence-electron chi connectivity index (χ1n) is 3.75. The summed E-state index contributed by atoms with van der Waals surface area (Å²) in [4.78, 5) is 10.8. The van der Waals surface area contributed by atoms with Gasteiger partial charge in [-0.1, -0.05) is 31.9 Å². The number of benzene rings is 1. The van der Waals surface area contributed by atoms with Crippen molar-refractivity contribution in [1.29, 1.82) is 0 Å². The Labute approximate surface area is 98.3 Å². The third-order valence-electron chi connectivity index (χ3n) is 1.74.